The molecule has 0 radical (unpaired) electrons. The van der Waals surface area contributed by atoms with Gasteiger partial charge in [0, 0.05) is 18.5 Å². The largest absolute Gasteiger partial charge is 0.465 e. The Hall–Kier alpha value is -3.43. The van der Waals surface area contributed by atoms with Crippen molar-refractivity contribution in [3.05, 3.63) is 52.7 Å². The average molecular weight is 516 g/mol. The number of amidine groups is 1. The lowest BCUT2D eigenvalue weighted by Crippen LogP contribution is -2.65. The van der Waals surface area contributed by atoms with Crippen LogP contribution >= 0.6 is 0 Å². The average Bonchev–Trinajstić information content (AvgIpc) is 2.97. The highest BCUT2D eigenvalue weighted by Crippen LogP contribution is 2.43. The molecule has 0 spiro atoms. The van der Waals surface area contributed by atoms with Gasteiger partial charge in [-0.1, -0.05) is 6.42 Å². The Morgan fingerprint density at radius 1 is 1.36 bits per heavy atom. The Balaban J connectivity index is 1.71. The topological polar surface area (TPSA) is 152 Å². The first-order valence-electron chi connectivity index (χ1n) is 11.7. The Morgan fingerprint density at radius 2 is 2.14 bits per heavy atom. The number of pyridine rings is 2. The number of fused-ring (bicyclic) bond motifs is 1. The van der Waals surface area contributed by atoms with Crippen molar-refractivity contribution in [3.8, 4) is 6.07 Å². The van der Waals surface area contributed by atoms with Gasteiger partial charge in [0.2, 0.25) is 0 Å². The molecule has 12 heteroatoms. The van der Waals surface area contributed by atoms with Gasteiger partial charge in [0.05, 0.1) is 22.5 Å². The number of carboxylic acid groups (broad SMARTS) is 1. The number of nitrogens with one attached hydrogen (secondary N) is 3. The normalized spacial score (nSPS) is 25.9. The first-order valence-corrected chi connectivity index (χ1v) is 13.6. The van der Waals surface area contributed by atoms with Crippen molar-refractivity contribution >= 4 is 27.9 Å². The Bertz CT molecular complexity index is 1330. The van der Waals surface area contributed by atoms with E-state index in [4.69, 9.17) is 5.26 Å². The van der Waals surface area contributed by atoms with Crippen LogP contribution in [0.3, 0.4) is 0 Å². The van der Waals surface area contributed by atoms with Crippen LogP contribution in [0.25, 0.3) is 0 Å². The monoisotopic (exact) mass is 515 g/mol. The molecule has 0 aromatic carbocycles. The number of anilines is 1. The molecule has 0 saturated carbocycles. The third kappa shape index (κ3) is 4.68. The SMILES string of the molecule is Cc1cc(C#N)cnc1CNc1ccc(F)c(C2(C)C[SH]3(=O)NCCCCC3(C)C(NC(=O)O)=N2)n1. The van der Waals surface area contributed by atoms with Crippen molar-refractivity contribution in [1.82, 2.24) is 20.0 Å². The lowest BCUT2D eigenvalue weighted by Gasteiger charge is -2.49. The summed E-state index contributed by atoms with van der Waals surface area (Å²) in [5, 5.41) is 24.0. The number of aromatic nitrogens is 2. The number of amides is 1. The summed E-state index contributed by atoms with van der Waals surface area (Å²) in [6, 6.07) is 6.53. The molecule has 0 bridgehead atoms. The van der Waals surface area contributed by atoms with E-state index in [-0.39, 0.29) is 17.3 Å². The van der Waals surface area contributed by atoms with Crippen LogP contribution in [0.5, 0.6) is 0 Å². The van der Waals surface area contributed by atoms with E-state index in [0.717, 1.165) is 18.4 Å². The number of hydrogen-bond acceptors (Lipinski definition) is 7. The van der Waals surface area contributed by atoms with Crippen molar-refractivity contribution in [3.63, 3.8) is 0 Å². The summed E-state index contributed by atoms with van der Waals surface area (Å²) in [5.41, 5.74) is 0.605. The Morgan fingerprint density at radius 3 is 2.83 bits per heavy atom. The molecule has 36 heavy (non-hydrogen) atoms. The van der Waals surface area contributed by atoms with E-state index in [2.05, 4.69) is 30.3 Å². The van der Waals surface area contributed by atoms with Crippen molar-refractivity contribution in [1.29, 1.82) is 5.26 Å². The molecule has 1 fully saturated rings. The third-order valence-electron chi connectivity index (χ3n) is 6.99. The number of nitrogens with zero attached hydrogens (tertiary/aromatic N) is 4. The molecular weight excluding hydrogens is 485 g/mol. The summed E-state index contributed by atoms with van der Waals surface area (Å²) >= 11 is 0. The van der Waals surface area contributed by atoms with Crippen LogP contribution in [0.2, 0.25) is 0 Å². The zero-order valence-electron chi connectivity index (χ0n) is 20.4. The van der Waals surface area contributed by atoms with Gasteiger partial charge in [-0.25, -0.2) is 14.2 Å². The van der Waals surface area contributed by atoms with Crippen LogP contribution in [-0.4, -0.2) is 48.3 Å². The molecular formula is C24H30FN7O3S. The maximum atomic E-state index is 15.2. The maximum absolute atomic E-state index is 15.2. The first-order chi connectivity index (χ1) is 17.0. The molecule has 2 unspecified atom stereocenters. The van der Waals surface area contributed by atoms with Crippen LogP contribution in [0.4, 0.5) is 15.0 Å². The summed E-state index contributed by atoms with van der Waals surface area (Å²) in [7, 11) is -3.25. The Labute approximate surface area is 210 Å². The van der Waals surface area contributed by atoms with Gasteiger partial charge in [0.25, 0.3) is 0 Å². The zero-order chi connectivity index (χ0) is 26.1. The highest BCUT2D eigenvalue weighted by Gasteiger charge is 2.53. The molecule has 4 N–H and O–H groups in total. The quantitative estimate of drug-likeness (QED) is 0.393. The van der Waals surface area contributed by atoms with Crippen LogP contribution in [0, 0.1) is 24.1 Å². The molecule has 2 aromatic heterocycles. The maximum Gasteiger partial charge on any atom is 0.410 e. The van der Waals surface area contributed by atoms with Gasteiger partial charge < -0.3 is 10.4 Å². The predicted octanol–water partition coefficient (Wildman–Crippen LogP) is 2.77. The minimum atomic E-state index is -3.25. The van der Waals surface area contributed by atoms with Crippen LogP contribution < -0.4 is 15.4 Å². The van der Waals surface area contributed by atoms with Gasteiger partial charge in [0.1, 0.15) is 34.8 Å². The standard InChI is InChI=1S/C24H30FN7O3S/c1-15-10-16(11-26)12-27-18(15)13-28-19-7-6-17(25)20(30-19)23(2)14-36(35)24(3,8-4-5-9-29-36)21(32-23)31-22(33)34/h6-7,10,12,36H,4-5,8-9,13-14H2,1-3H3,(H,28,30)(H,29,35)(H,31,32)(H,33,34). The molecule has 1 saturated heterocycles. The number of aliphatic imine (C=N–C) groups is 1. The lowest BCUT2D eigenvalue weighted by atomic mass is 9.96. The van der Waals surface area contributed by atoms with Gasteiger partial charge in [-0.05, 0) is 67.5 Å². The van der Waals surface area contributed by atoms with Gasteiger partial charge in [0.15, 0.2) is 0 Å². The van der Waals surface area contributed by atoms with E-state index in [9.17, 15) is 14.1 Å². The van der Waals surface area contributed by atoms with Crippen molar-refractivity contribution in [2.45, 2.75) is 56.9 Å². The fraction of sp³-hybridized carbons (Fsp3) is 0.458. The molecule has 192 valence electrons. The van der Waals surface area contributed by atoms with E-state index < -0.39 is 32.3 Å². The van der Waals surface area contributed by atoms with Gasteiger partial charge in [-0.2, -0.15) is 5.26 Å². The fourth-order valence-electron chi connectivity index (χ4n) is 4.90. The number of carbonyl (C=O) groups is 1. The predicted molar refractivity (Wildman–Crippen MR) is 136 cm³/mol. The summed E-state index contributed by atoms with van der Waals surface area (Å²) < 4.78 is 31.6. The molecule has 2 atom stereocenters. The summed E-state index contributed by atoms with van der Waals surface area (Å²) in [6.45, 7) is 6.05. The van der Waals surface area contributed by atoms with E-state index >= 15 is 4.39 Å². The molecule has 0 aliphatic carbocycles. The van der Waals surface area contributed by atoms with Crippen LogP contribution in [0.1, 0.15) is 55.6 Å². The highest BCUT2D eigenvalue weighted by molar-refractivity contribution is 8.03. The minimum Gasteiger partial charge on any atom is -0.465 e. The molecule has 1 amide bonds. The second-order valence-electron chi connectivity index (χ2n) is 9.68. The molecule has 2 aliphatic heterocycles. The lowest BCUT2D eigenvalue weighted by molar-refractivity contribution is 0.199. The summed E-state index contributed by atoms with van der Waals surface area (Å²) in [6.07, 6.45) is 2.23. The summed E-state index contributed by atoms with van der Waals surface area (Å²) in [5.74, 6) is -0.190. The van der Waals surface area contributed by atoms with Crippen molar-refractivity contribution < 1.29 is 18.5 Å². The van der Waals surface area contributed by atoms with E-state index in [0.29, 0.717) is 36.6 Å². The number of hydrogen-bond donors (Lipinski definition) is 5. The van der Waals surface area contributed by atoms with E-state index in [1.165, 1.54) is 18.3 Å². The van der Waals surface area contributed by atoms with Gasteiger partial charge >= 0.3 is 6.09 Å². The number of nitriles is 1. The van der Waals surface area contributed by atoms with Crippen LogP contribution in [0.15, 0.2) is 29.4 Å². The number of aryl methyl sites for hydroxylation is 1. The first kappa shape index (κ1) is 25.7. The van der Waals surface area contributed by atoms with Crippen LogP contribution in [-0.2, 0) is 22.2 Å². The smallest absolute Gasteiger partial charge is 0.410 e. The van der Waals surface area contributed by atoms with Gasteiger partial charge in [-0.15, -0.1) is 0 Å². The van der Waals surface area contributed by atoms with Crippen molar-refractivity contribution in [2.75, 3.05) is 17.6 Å². The van der Waals surface area contributed by atoms with Gasteiger partial charge in [-0.3, -0.25) is 24.2 Å². The molecule has 4 heterocycles. The second-order valence-corrected chi connectivity index (χ2v) is 12.8. The number of rotatable bonds is 4. The van der Waals surface area contributed by atoms with E-state index in [1.54, 1.807) is 19.9 Å². The molecule has 4 rings (SSSR count). The van der Waals surface area contributed by atoms with E-state index in [1.807, 2.05) is 13.0 Å². The second kappa shape index (κ2) is 9.55. The minimum absolute atomic E-state index is 0.00492. The molecule has 2 aromatic rings. The van der Waals surface area contributed by atoms with Crippen molar-refractivity contribution in [2.24, 2.45) is 4.99 Å². The zero-order valence-corrected chi connectivity index (χ0v) is 21.3. The number of thiol groups is 1. The highest BCUT2D eigenvalue weighted by atomic mass is 32.3. The fourth-order valence-corrected chi connectivity index (χ4v) is 8.28. The number of halogens is 1. The summed E-state index contributed by atoms with van der Waals surface area (Å²) in [4.78, 5) is 25.0. The molecule has 10 nitrogen and oxygen atoms in total. The Kier molecular flexibility index (Phi) is 6.81. The molecule has 2 aliphatic rings. The third-order valence-corrected chi connectivity index (χ3v) is 10.8.